The first-order valence-electron chi connectivity index (χ1n) is 13.7. The van der Waals surface area contributed by atoms with Gasteiger partial charge in [-0.1, -0.05) is 84.7 Å². The van der Waals surface area contributed by atoms with Gasteiger partial charge in [0.15, 0.2) is 0 Å². The third-order valence-electron chi connectivity index (χ3n) is 6.57. The van der Waals surface area contributed by atoms with E-state index >= 15 is 0 Å². The summed E-state index contributed by atoms with van der Waals surface area (Å²) in [4.78, 5) is 40.3. The van der Waals surface area contributed by atoms with E-state index in [1.807, 2.05) is 38.1 Å². The SMILES string of the molecule is CCc1cccc(C)c1NC(=O)C(C)Sc1cccc(NC(=O)/C(=C\c2cccc(Cl)c2Cl)NC(=O)c2ccccc2)c1. The van der Waals surface area contributed by atoms with Crippen molar-refractivity contribution in [1.29, 1.82) is 0 Å². The van der Waals surface area contributed by atoms with Gasteiger partial charge in [0.2, 0.25) is 5.91 Å². The molecule has 6 nitrogen and oxygen atoms in total. The van der Waals surface area contributed by atoms with Crippen LogP contribution < -0.4 is 16.0 Å². The van der Waals surface area contributed by atoms with E-state index in [0.29, 0.717) is 21.8 Å². The van der Waals surface area contributed by atoms with Gasteiger partial charge in [-0.3, -0.25) is 14.4 Å². The Balaban J connectivity index is 1.51. The number of carbonyl (C=O) groups is 3. The van der Waals surface area contributed by atoms with Crippen LogP contribution in [0.25, 0.3) is 6.08 Å². The maximum Gasteiger partial charge on any atom is 0.272 e. The number of para-hydroxylation sites is 1. The lowest BCUT2D eigenvalue weighted by atomic mass is 10.1. The molecule has 0 aliphatic carbocycles. The molecule has 0 heterocycles. The number of amides is 3. The number of hydrogen-bond acceptors (Lipinski definition) is 4. The molecule has 1 atom stereocenters. The highest BCUT2D eigenvalue weighted by Gasteiger charge is 2.19. The molecule has 43 heavy (non-hydrogen) atoms. The highest BCUT2D eigenvalue weighted by atomic mass is 35.5. The Morgan fingerprint density at radius 3 is 2.35 bits per heavy atom. The molecule has 0 aliphatic heterocycles. The summed E-state index contributed by atoms with van der Waals surface area (Å²) in [5.74, 6) is -1.13. The Labute approximate surface area is 265 Å². The molecule has 4 aromatic carbocycles. The van der Waals surface area contributed by atoms with E-state index in [1.165, 1.54) is 17.8 Å². The molecule has 3 N–H and O–H groups in total. The summed E-state index contributed by atoms with van der Waals surface area (Å²) in [5.41, 5.74) is 4.27. The summed E-state index contributed by atoms with van der Waals surface area (Å²) in [6, 6.07) is 26.8. The largest absolute Gasteiger partial charge is 0.325 e. The van der Waals surface area contributed by atoms with Crippen LogP contribution in [0.15, 0.2) is 102 Å². The molecule has 0 aliphatic rings. The van der Waals surface area contributed by atoms with Gasteiger partial charge in [-0.05, 0) is 79.4 Å². The van der Waals surface area contributed by atoms with Crippen LogP contribution in [0.2, 0.25) is 10.0 Å². The highest BCUT2D eigenvalue weighted by molar-refractivity contribution is 8.00. The number of nitrogens with one attached hydrogen (secondary N) is 3. The fourth-order valence-electron chi connectivity index (χ4n) is 4.26. The second-order valence-electron chi connectivity index (χ2n) is 9.72. The first kappa shape index (κ1) is 31.9. The van der Waals surface area contributed by atoms with Crippen molar-refractivity contribution in [2.24, 2.45) is 0 Å². The van der Waals surface area contributed by atoms with Crippen molar-refractivity contribution in [3.63, 3.8) is 0 Å². The van der Waals surface area contributed by atoms with Gasteiger partial charge in [0.25, 0.3) is 11.8 Å². The van der Waals surface area contributed by atoms with Crippen LogP contribution >= 0.6 is 35.0 Å². The molecule has 220 valence electrons. The number of aryl methyl sites for hydroxylation is 2. The first-order chi connectivity index (χ1) is 20.7. The predicted molar refractivity (Wildman–Crippen MR) is 178 cm³/mol. The molecule has 0 saturated carbocycles. The quantitative estimate of drug-likeness (QED) is 0.121. The minimum Gasteiger partial charge on any atom is -0.325 e. The number of anilines is 2. The summed E-state index contributed by atoms with van der Waals surface area (Å²) in [6.45, 7) is 5.87. The number of hydrogen-bond donors (Lipinski definition) is 3. The Hall–Kier alpha value is -4.04. The van der Waals surface area contributed by atoms with E-state index in [4.69, 9.17) is 23.2 Å². The Morgan fingerprint density at radius 1 is 0.884 bits per heavy atom. The van der Waals surface area contributed by atoms with Gasteiger partial charge in [0.1, 0.15) is 5.70 Å². The zero-order valence-electron chi connectivity index (χ0n) is 23.9. The molecular formula is C34H31Cl2N3O3S. The van der Waals surface area contributed by atoms with Crippen LogP contribution in [0.4, 0.5) is 11.4 Å². The third-order valence-corrected chi connectivity index (χ3v) is 8.50. The zero-order valence-corrected chi connectivity index (χ0v) is 26.2. The van der Waals surface area contributed by atoms with Crippen molar-refractivity contribution in [3.05, 3.63) is 129 Å². The van der Waals surface area contributed by atoms with Gasteiger partial charge in [-0.15, -0.1) is 11.8 Å². The van der Waals surface area contributed by atoms with Gasteiger partial charge >= 0.3 is 0 Å². The standard InChI is InChI=1S/C34H31Cl2N3O3S/c1-4-23-14-8-11-21(2)31(23)39-32(40)22(3)43-27-17-10-16-26(20-27)37-34(42)29(19-25-15-9-18-28(35)30(25)36)38-33(41)24-12-6-5-7-13-24/h5-20,22H,4H2,1-3H3,(H,37,42)(H,38,41)(H,39,40)/b29-19+. The van der Waals surface area contributed by atoms with Crippen LogP contribution in [0.1, 0.15) is 40.9 Å². The minimum atomic E-state index is -0.556. The minimum absolute atomic E-state index is 0.0196. The smallest absolute Gasteiger partial charge is 0.272 e. The number of halogens is 2. The lowest BCUT2D eigenvalue weighted by Crippen LogP contribution is -2.30. The number of rotatable bonds is 10. The van der Waals surface area contributed by atoms with Gasteiger partial charge in [0.05, 0.1) is 15.3 Å². The lowest BCUT2D eigenvalue weighted by Gasteiger charge is -2.17. The first-order valence-corrected chi connectivity index (χ1v) is 15.3. The molecule has 1 unspecified atom stereocenters. The van der Waals surface area contributed by atoms with Gasteiger partial charge in [-0.25, -0.2) is 0 Å². The van der Waals surface area contributed by atoms with E-state index in [9.17, 15) is 14.4 Å². The summed E-state index contributed by atoms with van der Waals surface area (Å²) in [7, 11) is 0. The van der Waals surface area contributed by atoms with Crippen molar-refractivity contribution in [2.75, 3.05) is 10.6 Å². The van der Waals surface area contributed by atoms with E-state index in [0.717, 1.165) is 28.1 Å². The van der Waals surface area contributed by atoms with Crippen LogP contribution in [-0.2, 0) is 16.0 Å². The monoisotopic (exact) mass is 631 g/mol. The fraction of sp³-hybridized carbons (Fsp3) is 0.147. The fourth-order valence-corrected chi connectivity index (χ4v) is 5.55. The molecule has 0 fully saturated rings. The van der Waals surface area contributed by atoms with Gasteiger partial charge < -0.3 is 16.0 Å². The molecule has 0 saturated heterocycles. The summed E-state index contributed by atoms with van der Waals surface area (Å²) in [5, 5.41) is 8.80. The van der Waals surface area contributed by atoms with Crippen LogP contribution in [0.3, 0.4) is 0 Å². The molecule has 4 rings (SSSR count). The number of benzene rings is 4. The molecule has 9 heteroatoms. The number of thioether (sulfide) groups is 1. The van der Waals surface area contributed by atoms with Crippen LogP contribution in [0.5, 0.6) is 0 Å². The summed E-state index contributed by atoms with van der Waals surface area (Å²) in [6.07, 6.45) is 2.29. The van der Waals surface area contributed by atoms with Gasteiger partial charge in [0, 0.05) is 21.8 Å². The molecule has 0 spiro atoms. The lowest BCUT2D eigenvalue weighted by molar-refractivity contribution is -0.115. The van der Waals surface area contributed by atoms with Crippen molar-refractivity contribution < 1.29 is 14.4 Å². The van der Waals surface area contributed by atoms with Crippen molar-refractivity contribution in [3.8, 4) is 0 Å². The van der Waals surface area contributed by atoms with E-state index in [1.54, 1.807) is 66.7 Å². The zero-order chi connectivity index (χ0) is 30.9. The Morgan fingerprint density at radius 2 is 1.60 bits per heavy atom. The third kappa shape index (κ3) is 8.51. The Bertz CT molecular complexity index is 1680. The topological polar surface area (TPSA) is 87.3 Å². The Kier molecular flexibility index (Phi) is 11.1. The molecular weight excluding hydrogens is 601 g/mol. The van der Waals surface area contributed by atoms with Crippen molar-refractivity contribution >= 4 is 70.1 Å². The second kappa shape index (κ2) is 14.9. The average Bonchev–Trinajstić information content (AvgIpc) is 3.00. The maximum atomic E-state index is 13.5. The number of carbonyl (C=O) groups excluding carboxylic acids is 3. The van der Waals surface area contributed by atoms with Crippen LogP contribution in [0, 0.1) is 6.92 Å². The maximum absolute atomic E-state index is 13.5. The molecule has 3 amide bonds. The molecule has 0 bridgehead atoms. The van der Waals surface area contributed by atoms with Crippen molar-refractivity contribution in [2.45, 2.75) is 37.3 Å². The van der Waals surface area contributed by atoms with E-state index < -0.39 is 17.1 Å². The summed E-state index contributed by atoms with van der Waals surface area (Å²) < 4.78 is 0. The molecule has 4 aromatic rings. The average molecular weight is 633 g/mol. The van der Waals surface area contributed by atoms with E-state index in [2.05, 4.69) is 22.9 Å². The summed E-state index contributed by atoms with van der Waals surface area (Å²) >= 11 is 13.9. The highest BCUT2D eigenvalue weighted by Crippen LogP contribution is 2.29. The molecule has 0 radical (unpaired) electrons. The van der Waals surface area contributed by atoms with E-state index in [-0.39, 0.29) is 16.6 Å². The molecule has 0 aromatic heterocycles. The normalized spacial score (nSPS) is 11.9. The van der Waals surface area contributed by atoms with Crippen molar-refractivity contribution in [1.82, 2.24) is 5.32 Å². The second-order valence-corrected chi connectivity index (χ2v) is 11.9. The predicted octanol–water partition coefficient (Wildman–Crippen LogP) is 8.39. The van der Waals surface area contributed by atoms with Gasteiger partial charge in [-0.2, -0.15) is 0 Å². The van der Waals surface area contributed by atoms with Crippen LogP contribution in [-0.4, -0.2) is 23.0 Å².